The van der Waals surface area contributed by atoms with E-state index in [1.165, 1.54) is 13.8 Å². The first-order valence-electron chi connectivity index (χ1n) is 6.98. The van der Waals surface area contributed by atoms with Crippen molar-refractivity contribution in [2.24, 2.45) is 11.5 Å². The van der Waals surface area contributed by atoms with Gasteiger partial charge in [0.25, 0.3) is 0 Å². The molecule has 0 spiro atoms. The fraction of sp³-hybridized carbons (Fsp3) is 0.583. The van der Waals surface area contributed by atoms with Gasteiger partial charge in [-0.3, -0.25) is 4.79 Å². The average molecular weight is 378 g/mol. The van der Waals surface area contributed by atoms with Crippen LogP contribution in [0.3, 0.4) is 0 Å². The third-order valence-corrected chi connectivity index (χ3v) is 2.84. The maximum atomic E-state index is 11.5. The number of thiol groups is 1. The zero-order chi connectivity index (χ0) is 19.6. The molecule has 0 aliphatic carbocycles. The van der Waals surface area contributed by atoms with Crippen molar-refractivity contribution in [3.8, 4) is 0 Å². The lowest BCUT2D eigenvalue weighted by atomic mass is 10.2. The summed E-state index contributed by atoms with van der Waals surface area (Å²) in [6.07, 6.45) is -1.24. The maximum absolute atomic E-state index is 11.5. The lowest BCUT2D eigenvalue weighted by molar-refractivity contribution is -0.141. The summed E-state index contributed by atoms with van der Waals surface area (Å²) in [5.74, 6) is -0.974. The second kappa shape index (κ2) is 11.2. The van der Waals surface area contributed by atoms with Crippen LogP contribution in [-0.4, -0.2) is 56.2 Å². The molecule has 1 aromatic rings. The molecule has 0 aliphatic rings. The third-order valence-electron chi connectivity index (χ3n) is 2.45. The Kier molecular flexibility index (Phi) is 10.2. The predicted molar refractivity (Wildman–Crippen MR) is 88.4 cm³/mol. The third kappa shape index (κ3) is 9.49. The van der Waals surface area contributed by atoms with E-state index in [4.69, 9.17) is 15.4 Å². The first kappa shape index (κ1) is 22.6. The molecule has 1 heterocycles. The number of primary amides is 1. The molecule has 0 fully saturated rings. The van der Waals surface area contributed by atoms with Gasteiger partial charge in [0.05, 0.1) is 18.7 Å². The summed E-state index contributed by atoms with van der Waals surface area (Å²) in [4.78, 5) is 35.5. The van der Waals surface area contributed by atoms with Crippen molar-refractivity contribution in [1.82, 2.24) is 20.8 Å². The van der Waals surface area contributed by atoms with E-state index in [1.807, 2.05) is 0 Å². The molecule has 12 nitrogen and oxygen atoms in total. The SMILES string of the molecule is CC(N)=O.CC(O)C(NC(=O)NCc1nc([C@@H](N)CS)no1)C(=O)O. The van der Waals surface area contributed by atoms with Crippen molar-refractivity contribution in [2.75, 3.05) is 5.75 Å². The Bertz CT molecular complexity index is 576. The van der Waals surface area contributed by atoms with E-state index in [0.717, 1.165) is 0 Å². The van der Waals surface area contributed by atoms with Crippen LogP contribution >= 0.6 is 12.6 Å². The van der Waals surface area contributed by atoms with Gasteiger partial charge in [-0.15, -0.1) is 0 Å². The normalized spacial score (nSPS) is 13.6. The monoisotopic (exact) mass is 378 g/mol. The van der Waals surface area contributed by atoms with E-state index in [2.05, 4.69) is 39.1 Å². The van der Waals surface area contributed by atoms with E-state index in [-0.39, 0.29) is 24.2 Å². The first-order valence-corrected chi connectivity index (χ1v) is 7.61. The van der Waals surface area contributed by atoms with Crippen LogP contribution in [-0.2, 0) is 16.1 Å². The topological polar surface area (TPSA) is 207 Å². The molecule has 0 bridgehead atoms. The van der Waals surface area contributed by atoms with Gasteiger partial charge in [0, 0.05) is 12.7 Å². The molecule has 13 heteroatoms. The fourth-order valence-corrected chi connectivity index (χ4v) is 1.47. The summed E-state index contributed by atoms with van der Waals surface area (Å²) in [7, 11) is 0. The van der Waals surface area contributed by atoms with Gasteiger partial charge in [0.1, 0.15) is 0 Å². The summed E-state index contributed by atoms with van der Waals surface area (Å²) < 4.78 is 4.85. The zero-order valence-electron chi connectivity index (χ0n) is 13.7. The van der Waals surface area contributed by atoms with Crippen molar-refractivity contribution < 1.29 is 29.1 Å². The molecule has 0 saturated heterocycles. The maximum Gasteiger partial charge on any atom is 0.328 e. The number of carboxylic acid groups (broad SMARTS) is 1. The minimum Gasteiger partial charge on any atom is -0.480 e. The molecular weight excluding hydrogens is 356 g/mol. The highest BCUT2D eigenvalue weighted by Crippen LogP contribution is 2.07. The number of rotatable bonds is 7. The molecule has 0 radical (unpaired) electrons. The highest BCUT2D eigenvalue weighted by Gasteiger charge is 2.25. The summed E-state index contributed by atoms with van der Waals surface area (Å²) >= 11 is 3.99. The van der Waals surface area contributed by atoms with Gasteiger partial charge in [0.15, 0.2) is 11.9 Å². The van der Waals surface area contributed by atoms with Gasteiger partial charge < -0.3 is 36.8 Å². The lowest BCUT2D eigenvalue weighted by Gasteiger charge is -2.16. The van der Waals surface area contributed by atoms with Crippen LogP contribution < -0.4 is 22.1 Å². The molecule has 25 heavy (non-hydrogen) atoms. The molecule has 0 aromatic carbocycles. The van der Waals surface area contributed by atoms with Crippen molar-refractivity contribution >= 4 is 30.5 Å². The van der Waals surface area contributed by atoms with Gasteiger partial charge in [0.2, 0.25) is 11.8 Å². The van der Waals surface area contributed by atoms with E-state index < -0.39 is 30.2 Å². The number of carboxylic acids is 1. The number of carbonyl (C=O) groups excluding carboxylic acids is 2. The van der Waals surface area contributed by atoms with E-state index >= 15 is 0 Å². The van der Waals surface area contributed by atoms with E-state index in [9.17, 15) is 19.5 Å². The van der Waals surface area contributed by atoms with Crippen LogP contribution in [0.15, 0.2) is 4.52 Å². The van der Waals surface area contributed by atoms with Crippen LogP contribution in [0.25, 0.3) is 0 Å². The fourth-order valence-electron chi connectivity index (χ4n) is 1.31. The average Bonchev–Trinajstić information content (AvgIpc) is 2.97. The Morgan fingerprint density at radius 2 is 1.96 bits per heavy atom. The Balaban J connectivity index is 0.00000129. The molecule has 1 rings (SSSR count). The number of nitrogens with one attached hydrogen (secondary N) is 2. The Morgan fingerprint density at radius 1 is 1.40 bits per heavy atom. The van der Waals surface area contributed by atoms with Gasteiger partial charge in [-0.2, -0.15) is 17.6 Å². The van der Waals surface area contributed by atoms with Crippen molar-refractivity contribution in [3.63, 3.8) is 0 Å². The molecule has 0 saturated carbocycles. The highest BCUT2D eigenvalue weighted by molar-refractivity contribution is 7.80. The number of aromatic nitrogens is 2. The second-order valence-corrected chi connectivity index (χ2v) is 5.19. The number of aliphatic hydroxyl groups excluding tert-OH is 1. The Hall–Kier alpha value is -2.38. The largest absolute Gasteiger partial charge is 0.480 e. The minimum atomic E-state index is -1.42. The summed E-state index contributed by atoms with van der Waals surface area (Å²) in [6.45, 7) is 2.45. The second-order valence-electron chi connectivity index (χ2n) is 4.83. The highest BCUT2D eigenvalue weighted by atomic mass is 32.1. The van der Waals surface area contributed by atoms with Crippen LogP contribution in [0.5, 0.6) is 0 Å². The van der Waals surface area contributed by atoms with Crippen molar-refractivity contribution in [3.05, 3.63) is 11.7 Å². The first-order chi connectivity index (χ1) is 11.6. The number of aliphatic hydroxyl groups is 1. The standard InChI is InChI=1S/C10H17N5O5S.C2H5NO/c1-4(16)7(9(17)18)14-10(19)12-2-6-13-8(15-20-6)5(11)3-21;1-2(3)4/h4-5,7,16,21H,2-3,11H2,1H3,(H,17,18)(H2,12,14,19);1H3,(H2,3,4)/t4?,5-,7?;/m0./s1. The number of carbonyl (C=O) groups is 3. The molecule has 3 amide bonds. The van der Waals surface area contributed by atoms with Crippen LogP contribution in [0, 0.1) is 0 Å². The predicted octanol–water partition coefficient (Wildman–Crippen LogP) is -1.88. The number of urea groups is 1. The Morgan fingerprint density at radius 3 is 2.40 bits per heavy atom. The van der Waals surface area contributed by atoms with Crippen molar-refractivity contribution in [2.45, 2.75) is 38.6 Å². The quantitative estimate of drug-likeness (QED) is 0.265. The van der Waals surface area contributed by atoms with Crippen LogP contribution in [0.4, 0.5) is 4.79 Å². The van der Waals surface area contributed by atoms with Gasteiger partial charge >= 0.3 is 12.0 Å². The van der Waals surface area contributed by atoms with E-state index in [1.54, 1.807) is 0 Å². The summed E-state index contributed by atoms with van der Waals surface area (Å²) in [5, 5.41) is 26.1. The number of hydrogen-bond donors (Lipinski definition) is 7. The molecule has 8 N–H and O–H groups in total. The van der Waals surface area contributed by atoms with Gasteiger partial charge in [-0.25, -0.2) is 9.59 Å². The van der Waals surface area contributed by atoms with Crippen molar-refractivity contribution in [1.29, 1.82) is 0 Å². The summed E-state index contributed by atoms with van der Waals surface area (Å²) in [5.41, 5.74) is 10.1. The molecule has 2 unspecified atom stereocenters. The molecular formula is C12H22N6O6S. The summed E-state index contributed by atoms with van der Waals surface area (Å²) in [6, 6.07) is -2.69. The molecule has 0 aliphatic heterocycles. The minimum absolute atomic E-state index is 0.107. The number of hydrogen-bond acceptors (Lipinski definition) is 9. The number of nitrogens with two attached hydrogens (primary N) is 2. The van der Waals surface area contributed by atoms with Gasteiger partial charge in [-0.05, 0) is 6.92 Å². The van der Waals surface area contributed by atoms with E-state index in [0.29, 0.717) is 5.75 Å². The number of amides is 3. The molecule has 142 valence electrons. The van der Waals surface area contributed by atoms with Crippen LogP contribution in [0.1, 0.15) is 31.6 Å². The smallest absolute Gasteiger partial charge is 0.328 e. The van der Waals surface area contributed by atoms with Gasteiger partial charge in [-0.1, -0.05) is 5.16 Å². The molecule has 1 aromatic heterocycles. The Labute approximate surface area is 148 Å². The lowest BCUT2D eigenvalue weighted by Crippen LogP contribution is -2.51. The molecule has 3 atom stereocenters. The number of nitrogens with zero attached hydrogens (tertiary/aromatic N) is 2. The number of aliphatic carboxylic acids is 1. The van der Waals surface area contributed by atoms with Crippen LogP contribution in [0.2, 0.25) is 0 Å². The zero-order valence-corrected chi connectivity index (χ0v) is 14.6.